The molecule has 0 bridgehead atoms. The van der Waals surface area contributed by atoms with Crippen LogP contribution in [0.4, 0.5) is 0 Å². The minimum Gasteiger partial charge on any atom is -0.484 e. The summed E-state index contributed by atoms with van der Waals surface area (Å²) in [5, 5.41) is 0. The van der Waals surface area contributed by atoms with Gasteiger partial charge in [-0.1, -0.05) is 66.4 Å². The fraction of sp³-hybridized carbons (Fsp3) is 0.333. The van der Waals surface area contributed by atoms with Gasteiger partial charge >= 0.3 is 5.97 Å². The number of likely N-dealkylation sites (tertiary alicyclic amines) is 1. The van der Waals surface area contributed by atoms with Gasteiger partial charge in [0.05, 0.1) is 11.5 Å². The molecule has 2 fully saturated rings. The number of thiocarbonyl (C=S) groups is 1. The maximum absolute atomic E-state index is 13.3. The molecule has 1 unspecified atom stereocenters. The summed E-state index contributed by atoms with van der Waals surface area (Å²) in [7, 11) is 0. The Hall–Kier alpha value is -3.17. The van der Waals surface area contributed by atoms with Crippen LogP contribution in [0.2, 0.25) is 0 Å². The summed E-state index contributed by atoms with van der Waals surface area (Å²) in [5.41, 5.74) is 1.41. The van der Waals surface area contributed by atoms with Crippen molar-refractivity contribution in [3.63, 3.8) is 0 Å². The van der Waals surface area contributed by atoms with E-state index in [1.807, 2.05) is 23.1 Å². The number of benzene rings is 2. The Kier molecular flexibility index (Phi) is 8.77. The highest BCUT2D eigenvalue weighted by Crippen LogP contribution is 2.38. The molecule has 7 nitrogen and oxygen atoms in total. The van der Waals surface area contributed by atoms with Gasteiger partial charge in [0.25, 0.3) is 11.8 Å². The van der Waals surface area contributed by atoms with E-state index in [9.17, 15) is 14.4 Å². The molecule has 2 amide bonds. The number of nitrogens with zero attached hydrogens (tertiary/aromatic N) is 2. The zero-order chi connectivity index (χ0) is 25.5. The average molecular weight is 525 g/mol. The van der Waals surface area contributed by atoms with Crippen LogP contribution in [0.25, 0.3) is 6.08 Å². The monoisotopic (exact) mass is 524 g/mol. The summed E-state index contributed by atoms with van der Waals surface area (Å²) in [6.45, 7) is 3.51. The van der Waals surface area contributed by atoms with E-state index in [1.165, 1.54) is 11.3 Å². The molecule has 0 aliphatic carbocycles. The summed E-state index contributed by atoms with van der Waals surface area (Å²) in [5.74, 6) is -0.297. The van der Waals surface area contributed by atoms with Crippen LogP contribution < -0.4 is 4.74 Å². The Morgan fingerprint density at radius 3 is 2.42 bits per heavy atom. The van der Waals surface area contributed by atoms with Crippen molar-refractivity contribution in [3.05, 3.63) is 70.6 Å². The van der Waals surface area contributed by atoms with Gasteiger partial charge in [0, 0.05) is 13.1 Å². The number of esters is 1. The van der Waals surface area contributed by atoms with Crippen molar-refractivity contribution in [2.75, 3.05) is 26.3 Å². The molecule has 36 heavy (non-hydrogen) atoms. The maximum Gasteiger partial charge on any atom is 0.333 e. The van der Waals surface area contributed by atoms with E-state index in [2.05, 4.69) is 0 Å². The number of hydrogen-bond donors (Lipinski definition) is 0. The lowest BCUT2D eigenvalue weighted by atomic mass is 10.1. The molecule has 0 aromatic heterocycles. The highest BCUT2D eigenvalue weighted by molar-refractivity contribution is 8.26. The van der Waals surface area contributed by atoms with Gasteiger partial charge < -0.3 is 14.4 Å². The summed E-state index contributed by atoms with van der Waals surface area (Å²) in [4.78, 5) is 42.0. The minimum absolute atomic E-state index is 0.00276. The van der Waals surface area contributed by atoms with Gasteiger partial charge in [-0.2, -0.15) is 0 Å². The molecule has 2 aliphatic heterocycles. The van der Waals surface area contributed by atoms with Crippen LogP contribution in [-0.4, -0.2) is 58.2 Å². The molecular weight excluding hydrogens is 496 g/mol. The first-order valence-corrected chi connectivity index (χ1v) is 13.2. The zero-order valence-corrected chi connectivity index (χ0v) is 21.7. The normalized spacial score (nSPS) is 17.9. The number of carbonyl (C=O) groups excluding carboxylic acids is 3. The van der Waals surface area contributed by atoms with Crippen molar-refractivity contribution in [1.29, 1.82) is 0 Å². The van der Waals surface area contributed by atoms with E-state index in [1.54, 1.807) is 49.4 Å². The number of rotatable bonds is 8. The van der Waals surface area contributed by atoms with Gasteiger partial charge in [-0.25, -0.2) is 4.79 Å². The molecule has 2 aliphatic rings. The summed E-state index contributed by atoms with van der Waals surface area (Å²) >= 11 is 6.64. The Morgan fingerprint density at radius 1 is 1.06 bits per heavy atom. The second kappa shape index (κ2) is 12.2. The fourth-order valence-electron chi connectivity index (χ4n) is 4.14. The van der Waals surface area contributed by atoms with E-state index in [-0.39, 0.29) is 25.0 Å². The third-order valence-corrected chi connectivity index (χ3v) is 7.29. The molecule has 0 spiro atoms. The van der Waals surface area contributed by atoms with Gasteiger partial charge in [-0.3, -0.25) is 14.5 Å². The molecule has 2 heterocycles. The predicted octanol–water partition coefficient (Wildman–Crippen LogP) is 4.58. The van der Waals surface area contributed by atoms with Crippen molar-refractivity contribution in [3.8, 4) is 5.75 Å². The molecule has 0 N–H and O–H groups in total. The molecule has 4 rings (SSSR count). The van der Waals surface area contributed by atoms with Crippen LogP contribution in [-0.2, 0) is 19.1 Å². The number of piperidine rings is 1. The quantitative estimate of drug-likeness (QED) is 0.284. The van der Waals surface area contributed by atoms with Crippen LogP contribution in [0, 0.1) is 0 Å². The number of thioether (sulfide) groups is 1. The topological polar surface area (TPSA) is 76.1 Å². The van der Waals surface area contributed by atoms with Gasteiger partial charge in [-0.05, 0) is 55.5 Å². The third-order valence-electron chi connectivity index (χ3n) is 5.96. The summed E-state index contributed by atoms with van der Waals surface area (Å²) < 4.78 is 11.2. The van der Waals surface area contributed by atoms with Crippen LogP contribution in [0.3, 0.4) is 0 Å². The SMILES string of the molecule is CCOC(=O)C(c1ccccc1)N1C(=O)/C(=C\c2ccc(OCC(=O)N3CCCCC3)cc2)SC1=S. The Morgan fingerprint density at radius 2 is 1.75 bits per heavy atom. The van der Waals surface area contributed by atoms with Gasteiger partial charge in [0.1, 0.15) is 10.1 Å². The fourth-order valence-corrected chi connectivity index (χ4v) is 5.45. The number of amides is 2. The van der Waals surface area contributed by atoms with Crippen molar-refractivity contribution < 1.29 is 23.9 Å². The van der Waals surface area contributed by atoms with E-state index in [0.29, 0.717) is 20.5 Å². The molecule has 9 heteroatoms. The highest BCUT2D eigenvalue weighted by Gasteiger charge is 2.42. The molecule has 188 valence electrons. The lowest BCUT2D eigenvalue weighted by Crippen LogP contribution is -2.38. The van der Waals surface area contributed by atoms with E-state index in [0.717, 1.165) is 43.3 Å². The van der Waals surface area contributed by atoms with Crippen LogP contribution in [0.15, 0.2) is 59.5 Å². The van der Waals surface area contributed by atoms with E-state index < -0.39 is 12.0 Å². The van der Waals surface area contributed by atoms with Crippen molar-refractivity contribution in [1.82, 2.24) is 9.80 Å². The van der Waals surface area contributed by atoms with E-state index in [4.69, 9.17) is 21.7 Å². The van der Waals surface area contributed by atoms with Crippen molar-refractivity contribution in [2.24, 2.45) is 0 Å². The smallest absolute Gasteiger partial charge is 0.333 e. The molecule has 2 aromatic rings. The minimum atomic E-state index is -0.947. The van der Waals surface area contributed by atoms with Gasteiger partial charge in [0.15, 0.2) is 12.6 Å². The first-order valence-electron chi connectivity index (χ1n) is 12.0. The molecule has 2 saturated heterocycles. The molecule has 0 radical (unpaired) electrons. The van der Waals surface area contributed by atoms with Crippen LogP contribution >= 0.6 is 24.0 Å². The van der Waals surface area contributed by atoms with Gasteiger partial charge in [0.2, 0.25) is 0 Å². The molecule has 2 aromatic carbocycles. The predicted molar refractivity (Wildman–Crippen MR) is 143 cm³/mol. The standard InChI is InChI=1S/C27H28N2O5S2/c1-2-33-26(32)24(20-9-5-3-6-10-20)29-25(31)22(36-27(29)35)17-19-11-13-21(14-12-19)34-18-23(30)28-15-7-4-8-16-28/h3,5-6,9-14,17,24H,2,4,7-8,15-16,18H2,1H3/b22-17+. The van der Waals surface area contributed by atoms with Gasteiger partial charge in [-0.15, -0.1) is 0 Å². The number of ether oxygens (including phenoxy) is 2. The summed E-state index contributed by atoms with van der Waals surface area (Å²) in [6.07, 6.45) is 4.98. The number of hydrogen-bond acceptors (Lipinski definition) is 7. The molecule has 0 saturated carbocycles. The second-order valence-corrected chi connectivity index (χ2v) is 10.1. The first-order chi connectivity index (χ1) is 17.5. The lowest BCUT2D eigenvalue weighted by Gasteiger charge is -2.26. The average Bonchev–Trinajstić information content (AvgIpc) is 3.17. The first kappa shape index (κ1) is 25.9. The highest BCUT2D eigenvalue weighted by atomic mass is 32.2. The Balaban J connectivity index is 1.44. The molecular formula is C27H28N2O5S2. The maximum atomic E-state index is 13.3. The van der Waals surface area contributed by atoms with Crippen LogP contribution in [0.5, 0.6) is 5.75 Å². The van der Waals surface area contributed by atoms with E-state index >= 15 is 0 Å². The lowest BCUT2D eigenvalue weighted by molar-refractivity contribution is -0.151. The summed E-state index contributed by atoms with van der Waals surface area (Å²) in [6, 6.07) is 15.2. The second-order valence-electron chi connectivity index (χ2n) is 8.42. The number of carbonyl (C=O) groups is 3. The third kappa shape index (κ3) is 6.14. The largest absolute Gasteiger partial charge is 0.484 e. The Bertz CT molecular complexity index is 1140. The van der Waals surface area contributed by atoms with Crippen LogP contribution in [0.1, 0.15) is 43.4 Å². The van der Waals surface area contributed by atoms with Crippen molar-refractivity contribution >= 4 is 52.2 Å². The zero-order valence-electron chi connectivity index (χ0n) is 20.1. The Labute approximate surface area is 220 Å². The molecule has 1 atom stereocenters. The van der Waals surface area contributed by atoms with Crippen molar-refractivity contribution in [2.45, 2.75) is 32.2 Å².